The zero-order valence-electron chi connectivity index (χ0n) is 11.6. The van der Waals surface area contributed by atoms with E-state index in [-0.39, 0.29) is 18.0 Å². The number of benzene rings is 2. The molecule has 21 heavy (non-hydrogen) atoms. The quantitative estimate of drug-likeness (QED) is 0.908. The number of carbonyl (C=O) groups excluding carboxylic acids is 1. The molecule has 0 heterocycles. The Balaban J connectivity index is 2.08. The first kappa shape index (κ1) is 15.1. The van der Waals surface area contributed by atoms with E-state index in [2.05, 4.69) is 5.32 Å². The second-order valence-corrected chi connectivity index (χ2v) is 4.85. The van der Waals surface area contributed by atoms with E-state index in [0.717, 1.165) is 11.6 Å². The zero-order valence-corrected chi connectivity index (χ0v) is 11.6. The molecule has 0 aromatic heterocycles. The first-order valence-corrected chi connectivity index (χ1v) is 6.55. The van der Waals surface area contributed by atoms with E-state index in [9.17, 15) is 13.6 Å². The highest BCUT2D eigenvalue weighted by Crippen LogP contribution is 2.17. The van der Waals surface area contributed by atoms with Gasteiger partial charge in [0.1, 0.15) is 0 Å². The Morgan fingerprint density at radius 1 is 1.24 bits per heavy atom. The smallest absolute Gasteiger partial charge is 0.228 e. The van der Waals surface area contributed by atoms with Gasteiger partial charge in [-0.1, -0.05) is 24.3 Å². The monoisotopic (exact) mass is 290 g/mol. The molecule has 0 radical (unpaired) electrons. The van der Waals surface area contributed by atoms with Gasteiger partial charge in [-0.2, -0.15) is 0 Å². The maximum Gasteiger partial charge on any atom is 0.228 e. The van der Waals surface area contributed by atoms with E-state index >= 15 is 0 Å². The molecule has 0 bridgehead atoms. The Kier molecular flexibility index (Phi) is 4.65. The lowest BCUT2D eigenvalue weighted by Gasteiger charge is -2.10. The molecular formula is C16H16F2N2O. The van der Waals surface area contributed by atoms with Gasteiger partial charge in [-0.05, 0) is 30.7 Å². The number of nitrogens with one attached hydrogen (secondary N) is 1. The fourth-order valence-electron chi connectivity index (χ4n) is 1.96. The van der Waals surface area contributed by atoms with Crippen LogP contribution in [0.1, 0.15) is 24.1 Å². The number of nitrogens with two attached hydrogens (primary N) is 1. The third kappa shape index (κ3) is 3.86. The topological polar surface area (TPSA) is 55.1 Å². The molecule has 3 nitrogen and oxygen atoms in total. The largest absolute Gasteiger partial charge is 0.326 e. The van der Waals surface area contributed by atoms with E-state index in [1.54, 1.807) is 18.2 Å². The molecule has 0 saturated carbocycles. The van der Waals surface area contributed by atoms with Gasteiger partial charge < -0.3 is 11.1 Å². The van der Waals surface area contributed by atoms with E-state index in [1.807, 2.05) is 13.0 Å². The Labute approximate surface area is 121 Å². The van der Waals surface area contributed by atoms with Crippen molar-refractivity contribution in [1.29, 1.82) is 0 Å². The summed E-state index contributed by atoms with van der Waals surface area (Å²) in [5.74, 6) is -2.36. The van der Waals surface area contributed by atoms with Crippen molar-refractivity contribution in [2.45, 2.75) is 19.4 Å². The van der Waals surface area contributed by atoms with E-state index in [0.29, 0.717) is 5.69 Å². The lowest BCUT2D eigenvalue weighted by molar-refractivity contribution is -0.115. The van der Waals surface area contributed by atoms with Gasteiger partial charge in [-0.15, -0.1) is 0 Å². The van der Waals surface area contributed by atoms with Crippen LogP contribution in [-0.2, 0) is 11.2 Å². The lowest BCUT2D eigenvalue weighted by Crippen LogP contribution is -2.16. The van der Waals surface area contributed by atoms with Gasteiger partial charge in [0.2, 0.25) is 5.91 Å². The Bertz CT molecular complexity index is 656. The summed E-state index contributed by atoms with van der Waals surface area (Å²) in [5.41, 5.74) is 7.25. The van der Waals surface area contributed by atoms with Crippen LogP contribution in [0.3, 0.4) is 0 Å². The van der Waals surface area contributed by atoms with Crippen molar-refractivity contribution in [1.82, 2.24) is 0 Å². The van der Waals surface area contributed by atoms with Crippen molar-refractivity contribution in [3.05, 3.63) is 65.2 Å². The van der Waals surface area contributed by atoms with Gasteiger partial charge in [0.05, 0.1) is 6.42 Å². The van der Waals surface area contributed by atoms with Crippen LogP contribution in [0.2, 0.25) is 0 Å². The SMILES string of the molecule is CC(N)c1cccc(NC(=O)Cc2cccc(F)c2F)c1. The van der Waals surface area contributed by atoms with Crippen LogP contribution >= 0.6 is 0 Å². The second kappa shape index (κ2) is 6.45. The average Bonchev–Trinajstić information content (AvgIpc) is 2.44. The fourth-order valence-corrected chi connectivity index (χ4v) is 1.96. The average molecular weight is 290 g/mol. The summed E-state index contributed by atoms with van der Waals surface area (Å²) in [7, 11) is 0. The van der Waals surface area contributed by atoms with Crippen molar-refractivity contribution < 1.29 is 13.6 Å². The summed E-state index contributed by atoms with van der Waals surface area (Å²) in [5, 5.41) is 2.65. The van der Waals surface area contributed by atoms with Crippen molar-refractivity contribution in [3.8, 4) is 0 Å². The molecule has 110 valence electrons. The fraction of sp³-hybridized carbons (Fsp3) is 0.188. The molecule has 2 aromatic carbocycles. The van der Waals surface area contributed by atoms with Crippen LogP contribution in [0, 0.1) is 11.6 Å². The number of amides is 1. The predicted octanol–water partition coefficient (Wildman–Crippen LogP) is 3.17. The summed E-state index contributed by atoms with van der Waals surface area (Å²) in [4.78, 5) is 11.9. The minimum Gasteiger partial charge on any atom is -0.326 e. The molecule has 0 saturated heterocycles. The highest BCUT2D eigenvalue weighted by Gasteiger charge is 2.12. The molecule has 1 atom stereocenters. The Hall–Kier alpha value is -2.27. The summed E-state index contributed by atoms with van der Waals surface area (Å²) >= 11 is 0. The van der Waals surface area contributed by atoms with Crippen LogP contribution < -0.4 is 11.1 Å². The van der Waals surface area contributed by atoms with Gasteiger partial charge in [0.15, 0.2) is 11.6 Å². The van der Waals surface area contributed by atoms with E-state index < -0.39 is 17.5 Å². The molecule has 2 aromatic rings. The van der Waals surface area contributed by atoms with Crippen LogP contribution in [0.25, 0.3) is 0 Å². The van der Waals surface area contributed by atoms with Crippen molar-refractivity contribution in [3.63, 3.8) is 0 Å². The summed E-state index contributed by atoms with van der Waals surface area (Å²) in [6.45, 7) is 1.84. The molecule has 0 fully saturated rings. The molecule has 3 N–H and O–H groups in total. The first-order chi connectivity index (χ1) is 9.97. The maximum atomic E-state index is 13.5. The highest BCUT2D eigenvalue weighted by molar-refractivity contribution is 5.92. The third-order valence-corrected chi connectivity index (χ3v) is 3.08. The number of rotatable bonds is 4. The van der Waals surface area contributed by atoms with Gasteiger partial charge >= 0.3 is 0 Å². The molecule has 0 aliphatic heterocycles. The van der Waals surface area contributed by atoms with Gasteiger partial charge in [0.25, 0.3) is 0 Å². The Morgan fingerprint density at radius 3 is 2.67 bits per heavy atom. The molecule has 1 unspecified atom stereocenters. The summed E-state index contributed by atoms with van der Waals surface area (Å²) in [6.07, 6.45) is -0.230. The molecule has 2 rings (SSSR count). The Morgan fingerprint density at radius 2 is 1.95 bits per heavy atom. The maximum absolute atomic E-state index is 13.5. The molecule has 0 spiro atoms. The highest BCUT2D eigenvalue weighted by atomic mass is 19.2. The van der Waals surface area contributed by atoms with Gasteiger partial charge in [-0.25, -0.2) is 8.78 Å². The summed E-state index contributed by atoms with van der Waals surface area (Å²) < 4.78 is 26.6. The van der Waals surface area contributed by atoms with E-state index in [4.69, 9.17) is 5.73 Å². The molecule has 0 aliphatic rings. The predicted molar refractivity (Wildman–Crippen MR) is 77.7 cm³/mol. The minimum absolute atomic E-state index is 0.0239. The number of carbonyl (C=O) groups is 1. The van der Waals surface area contributed by atoms with Crippen molar-refractivity contribution >= 4 is 11.6 Å². The third-order valence-electron chi connectivity index (χ3n) is 3.08. The lowest BCUT2D eigenvalue weighted by atomic mass is 10.1. The normalized spacial score (nSPS) is 12.0. The number of halogens is 2. The van der Waals surface area contributed by atoms with Gasteiger partial charge in [0, 0.05) is 17.3 Å². The molecule has 0 aliphatic carbocycles. The van der Waals surface area contributed by atoms with E-state index in [1.165, 1.54) is 12.1 Å². The second-order valence-electron chi connectivity index (χ2n) is 4.85. The molecule has 5 heteroatoms. The number of hydrogen-bond donors (Lipinski definition) is 2. The van der Waals surface area contributed by atoms with Crippen LogP contribution in [-0.4, -0.2) is 5.91 Å². The minimum atomic E-state index is -0.989. The zero-order chi connectivity index (χ0) is 15.4. The molecule has 1 amide bonds. The van der Waals surface area contributed by atoms with Crippen LogP contribution in [0.15, 0.2) is 42.5 Å². The standard InChI is InChI=1S/C16H16F2N2O/c1-10(19)11-4-2-6-13(8-11)20-15(21)9-12-5-3-7-14(17)16(12)18/h2-8,10H,9,19H2,1H3,(H,20,21). The molecular weight excluding hydrogens is 274 g/mol. The van der Waals surface area contributed by atoms with Crippen LogP contribution in [0.5, 0.6) is 0 Å². The van der Waals surface area contributed by atoms with Crippen LogP contribution in [0.4, 0.5) is 14.5 Å². The van der Waals surface area contributed by atoms with Crippen molar-refractivity contribution in [2.24, 2.45) is 5.73 Å². The first-order valence-electron chi connectivity index (χ1n) is 6.55. The summed E-state index contributed by atoms with van der Waals surface area (Å²) in [6, 6.07) is 10.7. The van der Waals surface area contributed by atoms with Gasteiger partial charge in [-0.3, -0.25) is 4.79 Å². The number of anilines is 1. The van der Waals surface area contributed by atoms with Crippen molar-refractivity contribution in [2.75, 3.05) is 5.32 Å². The number of hydrogen-bond acceptors (Lipinski definition) is 2.